The number of aromatic amines is 1. The number of fused-ring (bicyclic) bond motifs is 1. The van der Waals surface area contributed by atoms with Crippen molar-refractivity contribution in [3.8, 4) is 0 Å². The molecule has 2 aromatic heterocycles. The molecule has 0 spiro atoms. The molecule has 2 aromatic rings. The molecular weight excluding hydrogens is 549 g/mol. The van der Waals surface area contributed by atoms with Crippen molar-refractivity contribution in [3.05, 3.63) is 27.1 Å². The summed E-state index contributed by atoms with van der Waals surface area (Å²) in [6.07, 6.45) is -4.95. The fourth-order valence-corrected chi connectivity index (χ4v) is 5.95. The van der Waals surface area contributed by atoms with Crippen molar-refractivity contribution >= 4 is 40.6 Å². The Morgan fingerprint density at radius 1 is 1.26 bits per heavy atom. The second-order valence-corrected chi connectivity index (χ2v) is 11.0. The summed E-state index contributed by atoms with van der Waals surface area (Å²) < 4.78 is 51.9. The molecule has 0 aliphatic carbocycles. The van der Waals surface area contributed by atoms with Gasteiger partial charge in [-0.1, -0.05) is 5.11 Å². The molecule has 194 valence electrons. The summed E-state index contributed by atoms with van der Waals surface area (Å²) in [5.74, 6) is -0.355. The van der Waals surface area contributed by atoms with Crippen molar-refractivity contribution in [2.45, 2.75) is 24.2 Å². The van der Waals surface area contributed by atoms with E-state index in [9.17, 15) is 38.5 Å². The Kier molecular flexibility index (Phi) is 7.28. The van der Waals surface area contributed by atoms with Crippen LogP contribution in [0.2, 0.25) is 0 Å². The summed E-state index contributed by atoms with van der Waals surface area (Å²) in [5.41, 5.74) is 10.4. The smallest absolute Gasteiger partial charge is 0.387 e. The lowest BCUT2D eigenvalue weighted by molar-refractivity contribution is -0.121. The van der Waals surface area contributed by atoms with Gasteiger partial charge in [0.2, 0.25) is 11.7 Å². The van der Waals surface area contributed by atoms with E-state index in [1.165, 1.54) is 0 Å². The molecule has 3 heterocycles. The number of nitrogen functional groups attached to an aromatic ring is 1. The molecule has 35 heavy (non-hydrogen) atoms. The molecule has 6 atom stereocenters. The lowest BCUT2D eigenvalue weighted by Gasteiger charge is -2.27. The number of phosphoric ester groups is 1. The molecular formula is C10H15N8O14P3. The number of hydrogen-bond donors (Lipinski definition) is 8. The van der Waals surface area contributed by atoms with Crippen molar-refractivity contribution in [1.29, 1.82) is 0 Å². The van der Waals surface area contributed by atoms with Gasteiger partial charge in [-0.2, -0.15) is 13.6 Å². The monoisotopic (exact) mass is 564 g/mol. The second kappa shape index (κ2) is 9.32. The van der Waals surface area contributed by atoms with E-state index in [0.29, 0.717) is 0 Å². The minimum absolute atomic E-state index is 0.243. The molecule has 0 saturated carbocycles. The highest BCUT2D eigenvalue weighted by molar-refractivity contribution is 7.66. The fraction of sp³-hybridized carbons (Fsp3) is 0.500. The zero-order valence-corrected chi connectivity index (χ0v) is 19.3. The lowest BCUT2D eigenvalue weighted by atomic mass is 10.1. The molecule has 1 fully saturated rings. The summed E-state index contributed by atoms with van der Waals surface area (Å²) in [6, 6.07) is 0. The van der Waals surface area contributed by atoms with Crippen LogP contribution in [0.25, 0.3) is 21.6 Å². The van der Waals surface area contributed by atoms with Crippen LogP contribution in [0.4, 0.5) is 5.95 Å². The molecule has 1 aliphatic heterocycles. The van der Waals surface area contributed by atoms with E-state index < -0.39 is 59.8 Å². The second-order valence-electron chi connectivity index (χ2n) is 6.62. The average molecular weight is 564 g/mol. The van der Waals surface area contributed by atoms with Crippen LogP contribution in [-0.2, 0) is 31.6 Å². The van der Waals surface area contributed by atoms with Gasteiger partial charge in [-0.15, -0.1) is 0 Å². The Morgan fingerprint density at radius 3 is 2.51 bits per heavy atom. The van der Waals surface area contributed by atoms with Gasteiger partial charge < -0.3 is 40.3 Å². The highest BCUT2D eigenvalue weighted by Crippen LogP contribution is 2.66. The molecule has 0 aromatic carbocycles. The molecule has 3 unspecified atom stereocenters. The number of anilines is 1. The lowest BCUT2D eigenvalue weighted by Crippen LogP contribution is -2.44. The Bertz CT molecular complexity index is 1380. The van der Waals surface area contributed by atoms with Gasteiger partial charge in [0.15, 0.2) is 17.4 Å². The molecule has 25 heteroatoms. The minimum atomic E-state index is -5.87. The SMILES string of the molecule is [N-]=[N+]=N[C@]1(COP(=O)(O)OP(=O)(O)OP(=O)(O)O)OC(n2cnc3c(=O)[nH]c(N)nc32)[C@H](O)[C@@H]1O. The van der Waals surface area contributed by atoms with Crippen molar-refractivity contribution in [1.82, 2.24) is 19.5 Å². The number of hydrogen-bond acceptors (Lipinski definition) is 14. The van der Waals surface area contributed by atoms with E-state index in [1.807, 2.05) is 0 Å². The first-order valence-electron chi connectivity index (χ1n) is 8.60. The Morgan fingerprint density at radius 2 is 1.91 bits per heavy atom. The van der Waals surface area contributed by atoms with Gasteiger partial charge in [-0.3, -0.25) is 18.9 Å². The highest BCUT2D eigenvalue weighted by atomic mass is 31.3. The maximum Gasteiger partial charge on any atom is 0.490 e. The summed E-state index contributed by atoms with van der Waals surface area (Å²) in [6.45, 7) is -1.43. The summed E-state index contributed by atoms with van der Waals surface area (Å²) in [7, 11) is -17.3. The zero-order chi connectivity index (χ0) is 26.4. The predicted molar refractivity (Wildman–Crippen MR) is 106 cm³/mol. The van der Waals surface area contributed by atoms with E-state index in [0.717, 1.165) is 10.9 Å². The topological polar surface area (TPSA) is 348 Å². The van der Waals surface area contributed by atoms with Gasteiger partial charge in [-0.05, 0) is 5.53 Å². The first-order chi connectivity index (χ1) is 16.0. The number of aliphatic hydroxyl groups is 2. The number of H-pyrrole nitrogens is 1. The number of nitrogens with zero attached hydrogens (tertiary/aromatic N) is 6. The van der Waals surface area contributed by atoms with E-state index >= 15 is 0 Å². The number of nitrogens with one attached hydrogen (secondary N) is 1. The molecule has 0 radical (unpaired) electrons. The quantitative estimate of drug-likeness (QED) is 0.0728. The van der Waals surface area contributed by atoms with Gasteiger partial charge >= 0.3 is 23.5 Å². The third kappa shape index (κ3) is 5.95. The number of phosphoric acid groups is 3. The van der Waals surface area contributed by atoms with Crippen LogP contribution in [0.15, 0.2) is 16.2 Å². The van der Waals surface area contributed by atoms with Crippen LogP contribution in [0.5, 0.6) is 0 Å². The molecule has 1 saturated heterocycles. The normalized spacial score (nSPS) is 28.3. The molecule has 22 nitrogen and oxygen atoms in total. The average Bonchev–Trinajstić information content (AvgIpc) is 3.19. The van der Waals surface area contributed by atoms with Crippen molar-refractivity contribution in [2.24, 2.45) is 5.11 Å². The van der Waals surface area contributed by atoms with Gasteiger partial charge in [-0.25, -0.2) is 18.7 Å². The van der Waals surface area contributed by atoms with Crippen LogP contribution in [0.3, 0.4) is 0 Å². The first kappa shape index (κ1) is 27.3. The third-order valence-electron chi connectivity index (χ3n) is 4.19. The number of azide groups is 1. The molecule has 1 aliphatic rings. The Labute approximate surface area is 191 Å². The van der Waals surface area contributed by atoms with Gasteiger partial charge in [0.1, 0.15) is 12.2 Å². The fourth-order valence-electron chi connectivity index (χ4n) is 2.91. The maximum atomic E-state index is 12.0. The number of nitrogens with two attached hydrogens (primary N) is 1. The summed E-state index contributed by atoms with van der Waals surface area (Å²) in [4.78, 5) is 60.0. The summed E-state index contributed by atoms with van der Waals surface area (Å²) in [5, 5.41) is 24.1. The molecule has 0 amide bonds. The van der Waals surface area contributed by atoms with Crippen molar-refractivity contribution in [2.75, 3.05) is 12.3 Å². The molecule has 0 bridgehead atoms. The minimum Gasteiger partial charge on any atom is -0.387 e. The van der Waals surface area contributed by atoms with Crippen LogP contribution in [0.1, 0.15) is 6.23 Å². The zero-order valence-electron chi connectivity index (χ0n) is 16.6. The number of rotatable bonds is 9. The summed E-state index contributed by atoms with van der Waals surface area (Å²) >= 11 is 0. The Balaban J connectivity index is 1.89. The van der Waals surface area contributed by atoms with Crippen molar-refractivity contribution < 1.29 is 61.4 Å². The van der Waals surface area contributed by atoms with E-state index in [1.54, 1.807) is 0 Å². The molecule has 3 rings (SSSR count). The standard InChI is InChI=1S/C10H15N8O14P3/c11-9-14-6-3(7(21)15-9)13-2-18(6)8-4(19)5(20)10(30-8,16-17-12)1-29-34(25,26)32-35(27,28)31-33(22,23)24/h2,4-5,8,19-20H,1H2,(H,25,26)(H,27,28)(H2,22,23,24)(H3,11,14,15,21)/t4-,5+,8?,10-/m1/s1. The van der Waals surface area contributed by atoms with Gasteiger partial charge in [0, 0.05) is 4.91 Å². The maximum absolute atomic E-state index is 12.0. The van der Waals surface area contributed by atoms with Gasteiger partial charge in [0.05, 0.1) is 12.9 Å². The van der Waals surface area contributed by atoms with E-state index in [4.69, 9.17) is 25.8 Å². The number of aromatic nitrogens is 4. The van der Waals surface area contributed by atoms with E-state index in [2.05, 4.69) is 38.1 Å². The van der Waals surface area contributed by atoms with Crippen LogP contribution >= 0.6 is 23.5 Å². The van der Waals surface area contributed by atoms with Crippen LogP contribution < -0.4 is 11.3 Å². The third-order valence-corrected chi connectivity index (χ3v) is 7.97. The highest BCUT2D eigenvalue weighted by Gasteiger charge is 2.56. The number of ether oxygens (including phenoxy) is 1. The number of aliphatic hydroxyl groups excluding tert-OH is 2. The molecule has 9 N–H and O–H groups in total. The van der Waals surface area contributed by atoms with Crippen LogP contribution in [0, 0.1) is 0 Å². The van der Waals surface area contributed by atoms with Crippen LogP contribution in [-0.4, -0.2) is 73.8 Å². The number of imidazole rings is 1. The predicted octanol–water partition coefficient (Wildman–Crippen LogP) is -1.70. The first-order valence-corrected chi connectivity index (χ1v) is 13.1. The largest absolute Gasteiger partial charge is 0.490 e. The Hall–Kier alpha value is -2.25. The van der Waals surface area contributed by atoms with Crippen molar-refractivity contribution in [3.63, 3.8) is 0 Å². The van der Waals surface area contributed by atoms with Gasteiger partial charge in [0.25, 0.3) is 5.56 Å². The van der Waals surface area contributed by atoms with E-state index in [-0.39, 0.29) is 17.1 Å².